The number of methoxy groups -OCH3 is 2. The zero-order valence-corrected chi connectivity index (χ0v) is 14.9. The van der Waals surface area contributed by atoms with Crippen molar-refractivity contribution in [3.05, 3.63) is 65.7 Å². The van der Waals surface area contributed by atoms with Crippen LogP contribution in [0, 0.1) is 11.3 Å². The van der Waals surface area contributed by atoms with Gasteiger partial charge in [0.15, 0.2) is 0 Å². The Morgan fingerprint density at radius 3 is 2.41 bits per heavy atom. The highest BCUT2D eigenvalue weighted by molar-refractivity contribution is 5.90. The molecular weight excluding hydrogens is 342 g/mol. The van der Waals surface area contributed by atoms with Crippen LogP contribution in [0.1, 0.15) is 15.9 Å². The smallest absolute Gasteiger partial charge is 0.337 e. The molecule has 1 aromatic heterocycles. The molecule has 0 saturated carbocycles. The number of hydrogen-bond acceptors (Lipinski definition) is 6. The maximum atomic E-state index is 11.6. The van der Waals surface area contributed by atoms with Crippen LogP contribution in [0.4, 0.5) is 5.82 Å². The van der Waals surface area contributed by atoms with Crippen molar-refractivity contribution >= 4 is 11.8 Å². The number of para-hydroxylation sites is 1. The number of hydrogen-bond donors (Lipinski definition) is 1. The van der Waals surface area contributed by atoms with Crippen molar-refractivity contribution in [3.63, 3.8) is 0 Å². The SMILES string of the molecule is COC(=O)c1ccc(-c2cc(-c3ccccc3OC)nc(N)c2C#N)cc1. The third kappa shape index (κ3) is 3.44. The van der Waals surface area contributed by atoms with Gasteiger partial charge in [0.25, 0.3) is 0 Å². The van der Waals surface area contributed by atoms with Crippen molar-refractivity contribution < 1.29 is 14.3 Å². The Labute approximate surface area is 156 Å². The largest absolute Gasteiger partial charge is 0.496 e. The molecule has 1 heterocycles. The van der Waals surface area contributed by atoms with E-state index >= 15 is 0 Å². The van der Waals surface area contributed by atoms with Crippen LogP contribution in [0.5, 0.6) is 5.75 Å². The monoisotopic (exact) mass is 359 g/mol. The summed E-state index contributed by atoms with van der Waals surface area (Å²) in [5.74, 6) is 0.361. The lowest BCUT2D eigenvalue weighted by molar-refractivity contribution is 0.0601. The summed E-state index contributed by atoms with van der Waals surface area (Å²) >= 11 is 0. The van der Waals surface area contributed by atoms with Gasteiger partial charge in [-0.1, -0.05) is 24.3 Å². The van der Waals surface area contributed by atoms with E-state index in [0.29, 0.717) is 22.6 Å². The van der Waals surface area contributed by atoms with E-state index in [2.05, 4.69) is 11.1 Å². The van der Waals surface area contributed by atoms with E-state index in [0.717, 1.165) is 11.1 Å². The first-order chi connectivity index (χ1) is 13.1. The van der Waals surface area contributed by atoms with Gasteiger partial charge in [-0.2, -0.15) is 5.26 Å². The zero-order chi connectivity index (χ0) is 19.4. The molecule has 0 saturated heterocycles. The quantitative estimate of drug-likeness (QED) is 0.714. The number of ether oxygens (including phenoxy) is 2. The second-order valence-electron chi connectivity index (χ2n) is 5.70. The average Bonchev–Trinajstić information content (AvgIpc) is 2.72. The maximum absolute atomic E-state index is 11.6. The topological polar surface area (TPSA) is 98.2 Å². The molecule has 0 amide bonds. The van der Waals surface area contributed by atoms with Gasteiger partial charge in [0.2, 0.25) is 0 Å². The normalized spacial score (nSPS) is 10.1. The molecule has 0 fully saturated rings. The first-order valence-corrected chi connectivity index (χ1v) is 8.11. The van der Waals surface area contributed by atoms with Crippen molar-refractivity contribution in [1.29, 1.82) is 5.26 Å². The highest BCUT2D eigenvalue weighted by Gasteiger charge is 2.16. The molecular formula is C21H17N3O3. The number of pyridine rings is 1. The summed E-state index contributed by atoms with van der Waals surface area (Å²) < 4.78 is 10.1. The number of nitrogen functional groups attached to an aromatic ring is 1. The number of carbonyl (C=O) groups is 1. The van der Waals surface area contributed by atoms with Gasteiger partial charge in [-0.3, -0.25) is 0 Å². The lowest BCUT2D eigenvalue weighted by Gasteiger charge is -2.12. The van der Waals surface area contributed by atoms with Gasteiger partial charge in [-0.05, 0) is 35.9 Å². The minimum atomic E-state index is -0.425. The van der Waals surface area contributed by atoms with Gasteiger partial charge in [-0.15, -0.1) is 0 Å². The number of aromatic nitrogens is 1. The van der Waals surface area contributed by atoms with E-state index in [9.17, 15) is 10.1 Å². The fourth-order valence-corrected chi connectivity index (χ4v) is 2.81. The van der Waals surface area contributed by atoms with Crippen LogP contribution < -0.4 is 10.5 Å². The molecule has 6 nitrogen and oxygen atoms in total. The lowest BCUT2D eigenvalue weighted by Crippen LogP contribution is -2.02. The van der Waals surface area contributed by atoms with Crippen molar-refractivity contribution in [2.75, 3.05) is 20.0 Å². The minimum absolute atomic E-state index is 0.132. The van der Waals surface area contributed by atoms with E-state index in [1.54, 1.807) is 37.4 Å². The standard InChI is InChI=1S/C21H17N3O3/c1-26-19-6-4-3-5-15(19)18-11-16(17(12-22)20(23)24-18)13-7-9-14(10-8-13)21(25)27-2/h3-11H,1-2H3,(H2,23,24). The molecule has 6 heteroatoms. The van der Waals surface area contributed by atoms with Gasteiger partial charge in [0.1, 0.15) is 23.2 Å². The van der Waals surface area contributed by atoms with Crippen LogP contribution >= 0.6 is 0 Å². The van der Waals surface area contributed by atoms with Gasteiger partial charge >= 0.3 is 5.97 Å². The molecule has 3 rings (SSSR count). The molecule has 0 spiro atoms. The minimum Gasteiger partial charge on any atom is -0.496 e. The van der Waals surface area contributed by atoms with Crippen LogP contribution in [0.25, 0.3) is 22.4 Å². The van der Waals surface area contributed by atoms with Crippen LogP contribution in [-0.2, 0) is 4.74 Å². The second kappa shape index (κ2) is 7.58. The maximum Gasteiger partial charge on any atom is 0.337 e. The number of esters is 1. The summed E-state index contributed by atoms with van der Waals surface area (Å²) in [7, 11) is 2.91. The fourth-order valence-electron chi connectivity index (χ4n) is 2.81. The number of nitrogens with two attached hydrogens (primary N) is 1. The Bertz CT molecular complexity index is 1040. The number of benzene rings is 2. The summed E-state index contributed by atoms with van der Waals surface area (Å²) in [5.41, 5.74) is 9.48. The Balaban J connectivity index is 2.16. The van der Waals surface area contributed by atoms with Crippen molar-refractivity contribution in [1.82, 2.24) is 4.98 Å². The van der Waals surface area contributed by atoms with E-state index in [1.165, 1.54) is 7.11 Å². The molecule has 134 valence electrons. The van der Waals surface area contributed by atoms with Gasteiger partial charge < -0.3 is 15.2 Å². The zero-order valence-electron chi connectivity index (χ0n) is 14.9. The molecule has 2 aromatic carbocycles. The molecule has 0 atom stereocenters. The molecule has 0 aliphatic carbocycles. The third-order valence-electron chi connectivity index (χ3n) is 4.16. The number of carbonyl (C=O) groups excluding carboxylic acids is 1. The summed E-state index contributed by atoms with van der Waals surface area (Å²) in [6, 6.07) is 18.1. The Kier molecular flexibility index (Phi) is 5.04. The number of rotatable bonds is 4. The molecule has 27 heavy (non-hydrogen) atoms. The third-order valence-corrected chi connectivity index (χ3v) is 4.16. The molecule has 0 aliphatic rings. The lowest BCUT2D eigenvalue weighted by atomic mass is 9.97. The molecule has 0 unspecified atom stereocenters. The van der Waals surface area contributed by atoms with Gasteiger partial charge in [0, 0.05) is 11.1 Å². The molecule has 2 N–H and O–H groups in total. The summed E-state index contributed by atoms with van der Waals surface area (Å²) in [5, 5.41) is 9.53. The number of anilines is 1. The summed E-state index contributed by atoms with van der Waals surface area (Å²) in [6.07, 6.45) is 0. The molecule has 0 bridgehead atoms. The molecule has 0 radical (unpaired) electrons. The van der Waals surface area contributed by atoms with Crippen LogP contribution in [-0.4, -0.2) is 25.2 Å². The summed E-state index contributed by atoms with van der Waals surface area (Å²) in [6.45, 7) is 0. The van der Waals surface area contributed by atoms with Crippen LogP contribution in [0.3, 0.4) is 0 Å². The highest BCUT2D eigenvalue weighted by Crippen LogP contribution is 2.34. The second-order valence-corrected chi connectivity index (χ2v) is 5.70. The number of nitrogens with zero attached hydrogens (tertiary/aromatic N) is 2. The highest BCUT2D eigenvalue weighted by atomic mass is 16.5. The molecule has 0 aliphatic heterocycles. The van der Waals surface area contributed by atoms with Crippen molar-refractivity contribution in [2.24, 2.45) is 0 Å². The molecule has 3 aromatic rings. The van der Waals surface area contributed by atoms with E-state index in [4.69, 9.17) is 15.2 Å². The van der Waals surface area contributed by atoms with Crippen molar-refractivity contribution in [3.8, 4) is 34.2 Å². The van der Waals surface area contributed by atoms with Crippen LogP contribution in [0.2, 0.25) is 0 Å². The van der Waals surface area contributed by atoms with Crippen LogP contribution in [0.15, 0.2) is 54.6 Å². The first-order valence-electron chi connectivity index (χ1n) is 8.11. The summed E-state index contributed by atoms with van der Waals surface area (Å²) in [4.78, 5) is 16.0. The fraction of sp³-hybridized carbons (Fsp3) is 0.0952. The van der Waals surface area contributed by atoms with Crippen molar-refractivity contribution in [2.45, 2.75) is 0 Å². The number of nitriles is 1. The van der Waals surface area contributed by atoms with E-state index in [1.807, 2.05) is 24.3 Å². The average molecular weight is 359 g/mol. The Morgan fingerprint density at radius 2 is 1.78 bits per heavy atom. The Morgan fingerprint density at radius 1 is 1.07 bits per heavy atom. The predicted molar refractivity (Wildman–Crippen MR) is 102 cm³/mol. The van der Waals surface area contributed by atoms with E-state index < -0.39 is 5.97 Å². The Hall–Kier alpha value is -3.85. The van der Waals surface area contributed by atoms with E-state index in [-0.39, 0.29) is 11.4 Å². The first kappa shape index (κ1) is 18.0. The van der Waals surface area contributed by atoms with Gasteiger partial charge in [0.05, 0.1) is 25.5 Å². The van der Waals surface area contributed by atoms with Gasteiger partial charge in [-0.25, -0.2) is 9.78 Å². The predicted octanol–water partition coefficient (Wildman–Crippen LogP) is 3.66.